The Morgan fingerprint density at radius 1 is 1.31 bits per heavy atom. The summed E-state index contributed by atoms with van der Waals surface area (Å²) in [6.45, 7) is 2.15. The zero-order chi connectivity index (χ0) is 11.4. The van der Waals surface area contributed by atoms with Crippen LogP contribution in [0.4, 0.5) is 0 Å². The third-order valence-corrected chi connectivity index (χ3v) is 3.39. The van der Waals surface area contributed by atoms with E-state index in [1.54, 1.807) is 7.11 Å². The van der Waals surface area contributed by atoms with Crippen molar-refractivity contribution in [3.63, 3.8) is 0 Å². The highest BCUT2D eigenvalue weighted by Crippen LogP contribution is 2.32. The molecule has 0 unspecified atom stereocenters. The Hall–Kier alpha value is -1.06. The molecule has 1 aliphatic heterocycles. The SMILES string of the molecule is COc1ccccc1[C@H](N)C1CCNCC1. The first kappa shape index (κ1) is 11.4. The summed E-state index contributed by atoms with van der Waals surface area (Å²) in [7, 11) is 1.70. The second-order valence-corrected chi connectivity index (χ2v) is 4.36. The van der Waals surface area contributed by atoms with Crippen LogP contribution in [0.2, 0.25) is 0 Å². The summed E-state index contributed by atoms with van der Waals surface area (Å²) in [6.07, 6.45) is 2.30. The number of ether oxygens (including phenoxy) is 1. The lowest BCUT2D eigenvalue weighted by molar-refractivity contribution is 0.313. The number of hydrogen-bond acceptors (Lipinski definition) is 3. The summed E-state index contributed by atoms with van der Waals surface area (Å²) in [5, 5.41) is 3.36. The van der Waals surface area contributed by atoms with Gasteiger partial charge in [-0.3, -0.25) is 0 Å². The van der Waals surface area contributed by atoms with E-state index in [9.17, 15) is 0 Å². The van der Waals surface area contributed by atoms with Crippen LogP contribution in [0.15, 0.2) is 24.3 Å². The van der Waals surface area contributed by atoms with Crippen molar-refractivity contribution >= 4 is 0 Å². The lowest BCUT2D eigenvalue weighted by atomic mass is 9.86. The van der Waals surface area contributed by atoms with Crippen LogP contribution in [0.1, 0.15) is 24.4 Å². The first-order chi connectivity index (χ1) is 7.83. The molecule has 1 saturated heterocycles. The fourth-order valence-corrected chi connectivity index (χ4v) is 2.40. The van der Waals surface area contributed by atoms with Crippen LogP contribution in [0, 0.1) is 5.92 Å². The molecule has 88 valence electrons. The summed E-state index contributed by atoms with van der Waals surface area (Å²) >= 11 is 0. The maximum absolute atomic E-state index is 6.34. The van der Waals surface area contributed by atoms with Crippen LogP contribution in [-0.2, 0) is 0 Å². The molecule has 1 atom stereocenters. The molecule has 1 aromatic carbocycles. The maximum Gasteiger partial charge on any atom is 0.123 e. The molecular weight excluding hydrogens is 200 g/mol. The number of nitrogens with two attached hydrogens (primary N) is 1. The Morgan fingerprint density at radius 2 is 2.00 bits per heavy atom. The van der Waals surface area contributed by atoms with Crippen LogP contribution in [0.3, 0.4) is 0 Å². The number of nitrogens with one attached hydrogen (secondary N) is 1. The van der Waals surface area contributed by atoms with Crippen LogP contribution >= 0.6 is 0 Å². The summed E-state index contributed by atoms with van der Waals surface area (Å²) in [4.78, 5) is 0. The van der Waals surface area contributed by atoms with Gasteiger partial charge in [0.05, 0.1) is 7.11 Å². The van der Waals surface area contributed by atoms with Crippen molar-refractivity contribution in [1.82, 2.24) is 5.32 Å². The molecule has 0 saturated carbocycles. The fraction of sp³-hybridized carbons (Fsp3) is 0.538. The molecule has 0 spiro atoms. The highest BCUT2D eigenvalue weighted by atomic mass is 16.5. The zero-order valence-electron chi connectivity index (χ0n) is 9.78. The van der Waals surface area contributed by atoms with E-state index in [0.29, 0.717) is 5.92 Å². The first-order valence-corrected chi connectivity index (χ1v) is 5.92. The van der Waals surface area contributed by atoms with E-state index in [-0.39, 0.29) is 6.04 Å². The minimum Gasteiger partial charge on any atom is -0.496 e. The summed E-state index contributed by atoms with van der Waals surface area (Å²) in [5.41, 5.74) is 7.47. The quantitative estimate of drug-likeness (QED) is 0.815. The van der Waals surface area contributed by atoms with Crippen molar-refractivity contribution in [2.75, 3.05) is 20.2 Å². The Labute approximate surface area is 97.0 Å². The average molecular weight is 220 g/mol. The van der Waals surface area contributed by atoms with Gasteiger partial charge in [-0.25, -0.2) is 0 Å². The van der Waals surface area contributed by atoms with Gasteiger partial charge in [0.25, 0.3) is 0 Å². The van der Waals surface area contributed by atoms with Gasteiger partial charge in [-0.05, 0) is 37.9 Å². The van der Waals surface area contributed by atoms with Crippen molar-refractivity contribution in [2.24, 2.45) is 11.7 Å². The van der Waals surface area contributed by atoms with Crippen LogP contribution in [-0.4, -0.2) is 20.2 Å². The second kappa shape index (κ2) is 5.32. The molecule has 1 heterocycles. The maximum atomic E-state index is 6.34. The topological polar surface area (TPSA) is 47.3 Å². The van der Waals surface area contributed by atoms with E-state index >= 15 is 0 Å². The number of hydrogen-bond donors (Lipinski definition) is 2. The van der Waals surface area contributed by atoms with E-state index < -0.39 is 0 Å². The number of benzene rings is 1. The third kappa shape index (κ3) is 2.36. The van der Waals surface area contributed by atoms with Crippen molar-refractivity contribution in [3.8, 4) is 5.75 Å². The van der Waals surface area contributed by atoms with Crippen molar-refractivity contribution in [3.05, 3.63) is 29.8 Å². The van der Waals surface area contributed by atoms with E-state index in [1.807, 2.05) is 18.2 Å². The molecule has 0 aliphatic carbocycles. The van der Waals surface area contributed by atoms with Crippen LogP contribution in [0.25, 0.3) is 0 Å². The van der Waals surface area contributed by atoms with E-state index in [2.05, 4.69) is 11.4 Å². The average Bonchev–Trinajstić information content (AvgIpc) is 2.39. The molecule has 16 heavy (non-hydrogen) atoms. The first-order valence-electron chi connectivity index (χ1n) is 5.92. The van der Waals surface area contributed by atoms with Gasteiger partial charge in [-0.2, -0.15) is 0 Å². The molecule has 0 amide bonds. The fourth-order valence-electron chi connectivity index (χ4n) is 2.40. The standard InChI is InChI=1S/C13H20N2O/c1-16-12-5-3-2-4-11(12)13(14)10-6-8-15-9-7-10/h2-5,10,13,15H,6-9,14H2,1H3/t13-/m1/s1. The smallest absolute Gasteiger partial charge is 0.123 e. The number of piperidine rings is 1. The molecule has 3 nitrogen and oxygen atoms in total. The summed E-state index contributed by atoms with van der Waals surface area (Å²) < 4.78 is 5.36. The van der Waals surface area contributed by atoms with Gasteiger partial charge in [-0.1, -0.05) is 18.2 Å². The van der Waals surface area contributed by atoms with Crippen molar-refractivity contribution < 1.29 is 4.74 Å². The molecule has 3 N–H and O–H groups in total. The number of para-hydroxylation sites is 1. The molecule has 3 heteroatoms. The monoisotopic (exact) mass is 220 g/mol. The largest absolute Gasteiger partial charge is 0.496 e. The van der Waals surface area contributed by atoms with Gasteiger partial charge in [0, 0.05) is 11.6 Å². The lowest BCUT2D eigenvalue weighted by Crippen LogP contribution is -2.33. The van der Waals surface area contributed by atoms with Gasteiger partial charge < -0.3 is 15.8 Å². The summed E-state index contributed by atoms with van der Waals surface area (Å²) in [5.74, 6) is 1.48. The molecule has 0 aromatic heterocycles. The van der Waals surface area contributed by atoms with Crippen molar-refractivity contribution in [1.29, 1.82) is 0 Å². The van der Waals surface area contributed by atoms with Gasteiger partial charge in [0.2, 0.25) is 0 Å². The van der Waals surface area contributed by atoms with Crippen LogP contribution < -0.4 is 15.8 Å². The minimum atomic E-state index is 0.0956. The van der Waals surface area contributed by atoms with Gasteiger partial charge in [-0.15, -0.1) is 0 Å². The molecule has 2 rings (SSSR count). The molecule has 1 fully saturated rings. The van der Waals surface area contributed by atoms with Gasteiger partial charge in [0.15, 0.2) is 0 Å². The highest BCUT2D eigenvalue weighted by Gasteiger charge is 2.23. The molecular formula is C13H20N2O. The predicted molar refractivity (Wildman–Crippen MR) is 65.5 cm³/mol. The van der Waals surface area contributed by atoms with Crippen molar-refractivity contribution in [2.45, 2.75) is 18.9 Å². The van der Waals surface area contributed by atoms with Crippen LogP contribution in [0.5, 0.6) is 5.75 Å². The Morgan fingerprint density at radius 3 is 2.69 bits per heavy atom. The molecule has 1 aliphatic rings. The third-order valence-electron chi connectivity index (χ3n) is 3.39. The second-order valence-electron chi connectivity index (χ2n) is 4.36. The van der Waals surface area contributed by atoms with Gasteiger partial charge in [0.1, 0.15) is 5.75 Å². The number of methoxy groups -OCH3 is 1. The Kier molecular flexibility index (Phi) is 3.80. The van der Waals surface area contributed by atoms with E-state index in [4.69, 9.17) is 10.5 Å². The predicted octanol–water partition coefficient (Wildman–Crippen LogP) is 1.69. The minimum absolute atomic E-state index is 0.0956. The molecule has 0 radical (unpaired) electrons. The lowest BCUT2D eigenvalue weighted by Gasteiger charge is -2.29. The Balaban J connectivity index is 2.15. The van der Waals surface area contributed by atoms with Gasteiger partial charge >= 0.3 is 0 Å². The van der Waals surface area contributed by atoms with E-state index in [1.165, 1.54) is 0 Å². The normalized spacial score (nSPS) is 19.4. The Bertz CT molecular complexity index is 334. The summed E-state index contributed by atoms with van der Waals surface area (Å²) in [6, 6.07) is 8.16. The van der Waals surface area contributed by atoms with E-state index in [0.717, 1.165) is 37.2 Å². The highest BCUT2D eigenvalue weighted by molar-refractivity contribution is 5.36. The molecule has 1 aromatic rings. The number of rotatable bonds is 3. The zero-order valence-corrected chi connectivity index (χ0v) is 9.78. The molecule has 0 bridgehead atoms.